The fourth-order valence-corrected chi connectivity index (χ4v) is 2.37. The van der Waals surface area contributed by atoms with E-state index in [1.807, 2.05) is 31.2 Å². The number of aliphatic carboxylic acids is 1. The van der Waals surface area contributed by atoms with Crippen LogP contribution in [0.3, 0.4) is 0 Å². The van der Waals surface area contributed by atoms with Gasteiger partial charge in [0.05, 0.1) is 5.92 Å². The number of hydrogen-bond acceptors (Lipinski definition) is 3. The standard InChI is InChI=1S/C16H20N2O4/c1-10-3-5-12(6-4-10)18-8-7-13(15(18)20)14(19)17-9-11(2)16(21)22/h3-6,11,13H,7-9H2,1-2H3,(H,17,19)(H,21,22)/t11-,13-/m0/s1. The van der Waals surface area contributed by atoms with Gasteiger partial charge in [-0.3, -0.25) is 14.4 Å². The number of carbonyl (C=O) groups is 3. The molecule has 6 nitrogen and oxygen atoms in total. The topological polar surface area (TPSA) is 86.7 Å². The third-order valence-electron chi connectivity index (χ3n) is 3.87. The van der Waals surface area contributed by atoms with E-state index in [-0.39, 0.29) is 12.5 Å². The van der Waals surface area contributed by atoms with E-state index in [4.69, 9.17) is 5.11 Å². The van der Waals surface area contributed by atoms with Crippen LogP contribution in [0.4, 0.5) is 5.69 Å². The van der Waals surface area contributed by atoms with Crippen LogP contribution in [0.25, 0.3) is 0 Å². The highest BCUT2D eigenvalue weighted by Gasteiger charge is 2.37. The summed E-state index contributed by atoms with van der Waals surface area (Å²) in [6.45, 7) is 4.00. The van der Waals surface area contributed by atoms with Gasteiger partial charge in [-0.1, -0.05) is 24.6 Å². The lowest BCUT2D eigenvalue weighted by Crippen LogP contribution is -2.39. The molecule has 0 unspecified atom stereocenters. The van der Waals surface area contributed by atoms with Gasteiger partial charge in [-0.25, -0.2) is 0 Å². The Kier molecular flexibility index (Phi) is 4.80. The number of rotatable bonds is 5. The second-order valence-electron chi connectivity index (χ2n) is 5.65. The molecule has 0 saturated carbocycles. The van der Waals surface area contributed by atoms with Crippen LogP contribution in [0.2, 0.25) is 0 Å². The van der Waals surface area contributed by atoms with Crippen molar-refractivity contribution in [3.63, 3.8) is 0 Å². The molecule has 2 amide bonds. The van der Waals surface area contributed by atoms with E-state index in [9.17, 15) is 14.4 Å². The Morgan fingerprint density at radius 3 is 2.59 bits per heavy atom. The summed E-state index contributed by atoms with van der Waals surface area (Å²) in [5, 5.41) is 11.3. The first-order valence-corrected chi connectivity index (χ1v) is 7.28. The Bertz CT molecular complexity index is 582. The molecule has 6 heteroatoms. The first-order chi connectivity index (χ1) is 10.4. The van der Waals surface area contributed by atoms with Crippen LogP contribution in [0, 0.1) is 18.8 Å². The molecule has 0 spiro atoms. The predicted octanol–water partition coefficient (Wildman–Crippen LogP) is 1.18. The number of carbonyl (C=O) groups excluding carboxylic acids is 2. The molecular formula is C16H20N2O4. The number of amides is 2. The molecule has 2 rings (SSSR count). The second kappa shape index (κ2) is 6.60. The minimum absolute atomic E-state index is 0.0302. The number of benzene rings is 1. The monoisotopic (exact) mass is 304 g/mol. The van der Waals surface area contributed by atoms with Crippen molar-refractivity contribution in [2.24, 2.45) is 11.8 Å². The van der Waals surface area contributed by atoms with Gasteiger partial charge in [0, 0.05) is 18.8 Å². The summed E-state index contributed by atoms with van der Waals surface area (Å²) in [5.74, 6) is -3.01. The van der Waals surface area contributed by atoms with Crippen LogP contribution in [0.1, 0.15) is 18.9 Å². The van der Waals surface area contributed by atoms with E-state index in [1.165, 1.54) is 6.92 Å². The fourth-order valence-electron chi connectivity index (χ4n) is 2.37. The maximum atomic E-state index is 12.4. The molecule has 1 heterocycles. The van der Waals surface area contributed by atoms with Gasteiger partial charge in [-0.15, -0.1) is 0 Å². The minimum atomic E-state index is -0.973. The largest absolute Gasteiger partial charge is 0.481 e. The molecular weight excluding hydrogens is 284 g/mol. The lowest BCUT2D eigenvalue weighted by molar-refractivity contribution is -0.141. The Morgan fingerprint density at radius 1 is 1.36 bits per heavy atom. The Morgan fingerprint density at radius 2 is 2.00 bits per heavy atom. The maximum absolute atomic E-state index is 12.4. The molecule has 0 aromatic heterocycles. The Hall–Kier alpha value is -2.37. The van der Waals surface area contributed by atoms with Gasteiger partial charge in [0.2, 0.25) is 11.8 Å². The smallest absolute Gasteiger partial charge is 0.308 e. The summed E-state index contributed by atoms with van der Waals surface area (Å²) >= 11 is 0. The minimum Gasteiger partial charge on any atom is -0.481 e. The maximum Gasteiger partial charge on any atom is 0.308 e. The van der Waals surface area contributed by atoms with Crippen molar-refractivity contribution < 1.29 is 19.5 Å². The number of nitrogens with zero attached hydrogens (tertiary/aromatic N) is 1. The summed E-state index contributed by atoms with van der Waals surface area (Å²) in [6, 6.07) is 7.56. The summed E-state index contributed by atoms with van der Waals surface area (Å²) in [4.78, 5) is 36.8. The van der Waals surface area contributed by atoms with Crippen LogP contribution in [-0.4, -0.2) is 36.0 Å². The molecule has 1 aromatic rings. The van der Waals surface area contributed by atoms with Gasteiger partial charge in [0.1, 0.15) is 5.92 Å². The third kappa shape index (κ3) is 3.44. The van der Waals surface area contributed by atoms with Gasteiger partial charge >= 0.3 is 5.97 Å². The van der Waals surface area contributed by atoms with Gasteiger partial charge in [-0.2, -0.15) is 0 Å². The number of carboxylic acid groups (broad SMARTS) is 1. The molecule has 1 aliphatic heterocycles. The average Bonchev–Trinajstić information content (AvgIpc) is 2.87. The molecule has 22 heavy (non-hydrogen) atoms. The Balaban J connectivity index is 1.97. The highest BCUT2D eigenvalue weighted by molar-refractivity contribution is 6.09. The molecule has 2 atom stereocenters. The molecule has 0 bridgehead atoms. The van der Waals surface area contributed by atoms with Crippen molar-refractivity contribution in [1.82, 2.24) is 5.32 Å². The van der Waals surface area contributed by atoms with Gasteiger partial charge < -0.3 is 15.3 Å². The van der Waals surface area contributed by atoms with Gasteiger partial charge in [-0.05, 0) is 25.5 Å². The Labute approximate surface area is 129 Å². The number of carboxylic acids is 1. The summed E-state index contributed by atoms with van der Waals surface area (Å²) in [6.07, 6.45) is 0.444. The highest BCUT2D eigenvalue weighted by atomic mass is 16.4. The molecule has 0 aliphatic carbocycles. The second-order valence-corrected chi connectivity index (χ2v) is 5.65. The van der Waals surface area contributed by atoms with Crippen molar-refractivity contribution in [3.8, 4) is 0 Å². The molecule has 2 N–H and O–H groups in total. The van der Waals surface area contributed by atoms with E-state index in [2.05, 4.69) is 5.32 Å². The third-order valence-corrected chi connectivity index (χ3v) is 3.87. The van der Waals surface area contributed by atoms with E-state index < -0.39 is 23.7 Å². The summed E-state index contributed by atoms with van der Waals surface area (Å²) in [5.41, 5.74) is 1.89. The van der Waals surface area contributed by atoms with Crippen LogP contribution < -0.4 is 10.2 Å². The molecule has 1 saturated heterocycles. The number of aryl methyl sites for hydroxylation is 1. The van der Waals surface area contributed by atoms with Crippen LogP contribution in [0.15, 0.2) is 24.3 Å². The zero-order chi connectivity index (χ0) is 16.3. The SMILES string of the molecule is Cc1ccc(N2CC[C@@H](C(=O)NC[C@H](C)C(=O)O)C2=O)cc1. The van der Waals surface area contributed by atoms with E-state index in [1.54, 1.807) is 4.90 Å². The van der Waals surface area contributed by atoms with Crippen molar-refractivity contribution in [2.45, 2.75) is 20.3 Å². The predicted molar refractivity (Wildman–Crippen MR) is 81.4 cm³/mol. The highest BCUT2D eigenvalue weighted by Crippen LogP contribution is 2.25. The number of anilines is 1. The van der Waals surface area contributed by atoms with Crippen molar-refractivity contribution >= 4 is 23.5 Å². The average molecular weight is 304 g/mol. The number of hydrogen-bond donors (Lipinski definition) is 2. The molecule has 1 fully saturated rings. The quantitative estimate of drug-likeness (QED) is 0.800. The van der Waals surface area contributed by atoms with E-state index in [0.717, 1.165) is 11.3 Å². The normalized spacial score (nSPS) is 19.1. The summed E-state index contributed by atoms with van der Waals surface area (Å²) in [7, 11) is 0. The lowest BCUT2D eigenvalue weighted by Gasteiger charge is -2.17. The number of nitrogens with one attached hydrogen (secondary N) is 1. The fraction of sp³-hybridized carbons (Fsp3) is 0.438. The van der Waals surface area contributed by atoms with Crippen LogP contribution in [0.5, 0.6) is 0 Å². The van der Waals surface area contributed by atoms with Crippen LogP contribution in [-0.2, 0) is 14.4 Å². The van der Waals surface area contributed by atoms with Crippen molar-refractivity contribution in [1.29, 1.82) is 0 Å². The van der Waals surface area contributed by atoms with Crippen LogP contribution >= 0.6 is 0 Å². The van der Waals surface area contributed by atoms with Crippen molar-refractivity contribution in [2.75, 3.05) is 18.0 Å². The first kappa shape index (κ1) is 16.0. The zero-order valence-corrected chi connectivity index (χ0v) is 12.7. The zero-order valence-electron chi connectivity index (χ0n) is 12.7. The molecule has 1 aliphatic rings. The van der Waals surface area contributed by atoms with E-state index in [0.29, 0.717) is 13.0 Å². The lowest BCUT2D eigenvalue weighted by atomic mass is 10.1. The van der Waals surface area contributed by atoms with E-state index >= 15 is 0 Å². The van der Waals surface area contributed by atoms with Crippen molar-refractivity contribution in [3.05, 3.63) is 29.8 Å². The van der Waals surface area contributed by atoms with Gasteiger partial charge in [0.15, 0.2) is 0 Å². The summed E-state index contributed by atoms with van der Waals surface area (Å²) < 4.78 is 0. The molecule has 1 aromatic carbocycles. The molecule has 0 radical (unpaired) electrons. The molecule has 118 valence electrons. The van der Waals surface area contributed by atoms with Gasteiger partial charge in [0.25, 0.3) is 0 Å². The first-order valence-electron chi connectivity index (χ1n) is 7.28.